The lowest BCUT2D eigenvalue weighted by Gasteiger charge is -2.13. The Kier molecular flexibility index (Phi) is 6.33. The third-order valence-electron chi connectivity index (χ3n) is 5.62. The summed E-state index contributed by atoms with van der Waals surface area (Å²) in [5.74, 6) is -0.642. The van der Waals surface area contributed by atoms with Crippen LogP contribution in [0.1, 0.15) is 49.0 Å². The average molecular weight is 499 g/mol. The number of nitrogens with one attached hydrogen (secondary N) is 5. The molecule has 0 aliphatic carbocycles. The van der Waals surface area contributed by atoms with Gasteiger partial charge in [0.15, 0.2) is 0 Å². The van der Waals surface area contributed by atoms with Gasteiger partial charge in [0.1, 0.15) is 16.3 Å². The molecule has 0 saturated heterocycles. The Morgan fingerprint density at radius 2 is 1.67 bits per heavy atom. The Hall–Kier alpha value is -4.70. The van der Waals surface area contributed by atoms with Gasteiger partial charge in [0.25, 0.3) is 17.7 Å². The van der Waals surface area contributed by atoms with Crippen molar-refractivity contribution >= 4 is 50.8 Å². The second kappa shape index (κ2) is 9.88. The monoisotopic (exact) mass is 498 g/mol. The molecular weight excluding hydrogens is 476 g/mol. The van der Waals surface area contributed by atoms with Gasteiger partial charge in [-0.2, -0.15) is 5.10 Å². The minimum absolute atomic E-state index is 0.161. The van der Waals surface area contributed by atoms with Crippen LogP contribution < -0.4 is 16.0 Å². The van der Waals surface area contributed by atoms with Crippen molar-refractivity contribution in [2.45, 2.75) is 13.0 Å². The number of para-hydroxylation sites is 1. The molecule has 0 saturated carbocycles. The van der Waals surface area contributed by atoms with E-state index < -0.39 is 5.91 Å². The second-order valence-corrected chi connectivity index (χ2v) is 9.10. The van der Waals surface area contributed by atoms with Crippen LogP contribution in [0, 0.1) is 0 Å². The van der Waals surface area contributed by atoms with Crippen LogP contribution in [0.25, 0.3) is 10.2 Å². The zero-order valence-corrected chi connectivity index (χ0v) is 20.0. The Morgan fingerprint density at radius 1 is 0.889 bits per heavy atom. The topological polar surface area (TPSA) is 132 Å². The van der Waals surface area contributed by atoms with Crippen molar-refractivity contribution in [1.29, 1.82) is 0 Å². The molecular formula is C26H22N6O3S. The maximum atomic E-state index is 13.1. The van der Waals surface area contributed by atoms with Crippen molar-refractivity contribution in [1.82, 2.24) is 20.5 Å². The van der Waals surface area contributed by atoms with Crippen molar-refractivity contribution in [3.05, 3.63) is 101 Å². The number of nitrogens with zero attached hydrogens (tertiary/aromatic N) is 1. The lowest BCUT2D eigenvalue weighted by atomic mass is 10.1. The Balaban J connectivity index is 1.32. The highest BCUT2D eigenvalue weighted by molar-refractivity contribution is 7.20. The van der Waals surface area contributed by atoms with Gasteiger partial charge in [0.2, 0.25) is 0 Å². The molecule has 2 aromatic carbocycles. The van der Waals surface area contributed by atoms with E-state index in [1.807, 2.05) is 37.3 Å². The van der Waals surface area contributed by atoms with Gasteiger partial charge < -0.3 is 20.9 Å². The van der Waals surface area contributed by atoms with E-state index in [9.17, 15) is 14.4 Å². The summed E-state index contributed by atoms with van der Waals surface area (Å²) in [6.07, 6.45) is 1.65. The number of anilines is 2. The summed E-state index contributed by atoms with van der Waals surface area (Å²) in [6.45, 7) is 1.92. The van der Waals surface area contributed by atoms with Crippen LogP contribution in [0.4, 0.5) is 11.5 Å². The molecule has 9 nitrogen and oxygen atoms in total. The highest BCUT2D eigenvalue weighted by Crippen LogP contribution is 2.30. The fourth-order valence-corrected chi connectivity index (χ4v) is 4.64. The van der Waals surface area contributed by atoms with Crippen molar-refractivity contribution < 1.29 is 14.4 Å². The van der Waals surface area contributed by atoms with Gasteiger partial charge in [-0.15, -0.1) is 11.3 Å². The predicted octanol–water partition coefficient (Wildman–Crippen LogP) is 4.95. The number of rotatable bonds is 7. The van der Waals surface area contributed by atoms with Crippen LogP contribution in [-0.2, 0) is 0 Å². The van der Waals surface area contributed by atoms with Gasteiger partial charge in [-0.1, -0.05) is 42.5 Å². The van der Waals surface area contributed by atoms with Gasteiger partial charge in [0, 0.05) is 6.20 Å². The lowest BCUT2D eigenvalue weighted by Crippen LogP contribution is -2.25. The number of fused-ring (bicyclic) bond motifs is 1. The third kappa shape index (κ3) is 4.75. The first kappa shape index (κ1) is 23.1. The standard InChI is InChI=1S/C26H22N6O3S/c1-15(16-8-3-2-4-9-16)28-25(35)21-14-18-22(31-32-26(18)36-21)30-23(33)17-10-5-6-11-19(17)29-24(34)20-12-7-13-27-20/h2-15,27H,1H3,(H,28,35)(H,29,34)(H2,30,31,32,33)/t15-/m1/s1. The molecule has 36 heavy (non-hydrogen) atoms. The third-order valence-corrected chi connectivity index (χ3v) is 6.65. The minimum atomic E-state index is -0.433. The van der Waals surface area contributed by atoms with Crippen LogP contribution in [0.5, 0.6) is 0 Å². The van der Waals surface area contributed by atoms with Crippen molar-refractivity contribution in [3.63, 3.8) is 0 Å². The molecule has 5 aromatic rings. The number of amides is 3. The number of carbonyl (C=O) groups is 3. The minimum Gasteiger partial charge on any atom is -0.357 e. The van der Waals surface area contributed by atoms with E-state index in [4.69, 9.17) is 0 Å². The van der Waals surface area contributed by atoms with Gasteiger partial charge >= 0.3 is 0 Å². The first-order valence-electron chi connectivity index (χ1n) is 11.2. The normalized spacial score (nSPS) is 11.7. The van der Waals surface area contributed by atoms with E-state index in [0.29, 0.717) is 32.3 Å². The molecule has 3 heterocycles. The maximum absolute atomic E-state index is 13.1. The quantitative estimate of drug-likeness (QED) is 0.217. The first-order chi connectivity index (χ1) is 17.5. The molecule has 3 amide bonds. The average Bonchev–Trinajstić information content (AvgIpc) is 3.64. The number of hydrogen-bond acceptors (Lipinski definition) is 5. The fraction of sp³-hybridized carbons (Fsp3) is 0.0769. The molecule has 0 aliphatic rings. The molecule has 0 radical (unpaired) electrons. The summed E-state index contributed by atoms with van der Waals surface area (Å²) in [4.78, 5) is 42.3. The SMILES string of the molecule is C[C@@H](NC(=O)c1cc2c(NC(=O)c3ccccc3NC(=O)c3ccc[nH]3)[nH]nc2s1)c1ccccc1. The number of aromatic amines is 2. The number of benzene rings is 2. The van der Waals surface area contributed by atoms with Crippen LogP contribution in [-0.4, -0.2) is 32.9 Å². The van der Waals surface area contributed by atoms with Crippen molar-refractivity contribution in [3.8, 4) is 0 Å². The lowest BCUT2D eigenvalue weighted by molar-refractivity contribution is 0.0942. The molecule has 0 fully saturated rings. The zero-order chi connectivity index (χ0) is 25.1. The van der Waals surface area contributed by atoms with E-state index in [2.05, 4.69) is 31.1 Å². The number of thiophene rings is 1. The van der Waals surface area contributed by atoms with Crippen LogP contribution in [0.15, 0.2) is 79.0 Å². The number of H-pyrrole nitrogens is 2. The van der Waals surface area contributed by atoms with Crippen LogP contribution in [0.3, 0.4) is 0 Å². The van der Waals surface area contributed by atoms with Crippen molar-refractivity contribution in [2.75, 3.05) is 10.6 Å². The van der Waals surface area contributed by atoms with Crippen LogP contribution >= 0.6 is 11.3 Å². The van der Waals surface area contributed by atoms with E-state index in [1.165, 1.54) is 11.3 Å². The van der Waals surface area contributed by atoms with Gasteiger partial charge in [0.05, 0.1) is 27.6 Å². The van der Waals surface area contributed by atoms with E-state index in [-0.39, 0.29) is 23.4 Å². The van der Waals surface area contributed by atoms with Crippen LogP contribution in [0.2, 0.25) is 0 Å². The molecule has 0 spiro atoms. The molecule has 0 unspecified atom stereocenters. The summed E-state index contributed by atoms with van der Waals surface area (Å²) < 4.78 is 0. The number of carbonyl (C=O) groups excluding carboxylic acids is 3. The number of hydrogen-bond donors (Lipinski definition) is 5. The highest BCUT2D eigenvalue weighted by Gasteiger charge is 2.20. The van der Waals surface area contributed by atoms with E-state index >= 15 is 0 Å². The summed E-state index contributed by atoms with van der Waals surface area (Å²) >= 11 is 1.23. The zero-order valence-electron chi connectivity index (χ0n) is 19.2. The summed E-state index contributed by atoms with van der Waals surface area (Å²) in [5.41, 5.74) is 2.03. The smallest absolute Gasteiger partial charge is 0.272 e. The van der Waals surface area contributed by atoms with E-state index in [1.54, 1.807) is 48.7 Å². The molecule has 180 valence electrons. The summed E-state index contributed by atoms with van der Waals surface area (Å²) in [5, 5.41) is 16.2. The highest BCUT2D eigenvalue weighted by atomic mass is 32.1. The van der Waals surface area contributed by atoms with Crippen molar-refractivity contribution in [2.24, 2.45) is 0 Å². The van der Waals surface area contributed by atoms with Gasteiger partial charge in [-0.3, -0.25) is 19.5 Å². The fourth-order valence-electron chi connectivity index (χ4n) is 3.74. The van der Waals surface area contributed by atoms with Gasteiger partial charge in [-0.25, -0.2) is 0 Å². The molecule has 10 heteroatoms. The van der Waals surface area contributed by atoms with E-state index in [0.717, 1.165) is 5.56 Å². The second-order valence-electron chi connectivity index (χ2n) is 8.07. The molecule has 5 rings (SSSR count). The first-order valence-corrected chi connectivity index (χ1v) is 12.0. The summed E-state index contributed by atoms with van der Waals surface area (Å²) in [7, 11) is 0. The maximum Gasteiger partial charge on any atom is 0.272 e. The molecule has 1 atom stereocenters. The summed E-state index contributed by atoms with van der Waals surface area (Å²) in [6, 6.07) is 21.3. The predicted molar refractivity (Wildman–Crippen MR) is 139 cm³/mol. The van der Waals surface area contributed by atoms with Gasteiger partial charge in [-0.05, 0) is 42.8 Å². The molecule has 0 aliphatic heterocycles. The Morgan fingerprint density at radius 3 is 2.44 bits per heavy atom. The Labute approximate surface area is 209 Å². The molecule has 5 N–H and O–H groups in total. The largest absolute Gasteiger partial charge is 0.357 e. The Bertz CT molecular complexity index is 1540. The number of aromatic nitrogens is 3. The molecule has 3 aromatic heterocycles. The molecule has 0 bridgehead atoms.